The van der Waals surface area contributed by atoms with E-state index in [-0.39, 0.29) is 17.2 Å². The second kappa shape index (κ2) is 5.49. The van der Waals surface area contributed by atoms with Crippen LogP contribution in [0.25, 0.3) is 0 Å². The molecule has 4 atom stereocenters. The monoisotopic (exact) mass is 316 g/mol. The van der Waals surface area contributed by atoms with E-state index in [1.165, 1.54) is 16.7 Å². The van der Waals surface area contributed by atoms with Crippen molar-refractivity contribution in [2.24, 2.45) is 0 Å². The molecular formula is C13H20N2O5S. The quantitative estimate of drug-likeness (QED) is 0.696. The van der Waals surface area contributed by atoms with Gasteiger partial charge in [0, 0.05) is 11.4 Å². The Kier molecular flexibility index (Phi) is 4.21. The van der Waals surface area contributed by atoms with E-state index in [2.05, 4.69) is 5.32 Å². The summed E-state index contributed by atoms with van der Waals surface area (Å²) >= 11 is 1.40. The number of amides is 2. The number of aliphatic carboxylic acids is 1. The van der Waals surface area contributed by atoms with Crippen LogP contribution in [0.1, 0.15) is 27.7 Å². The van der Waals surface area contributed by atoms with E-state index >= 15 is 0 Å². The second-order valence-electron chi connectivity index (χ2n) is 5.68. The maximum absolute atomic E-state index is 12.2. The number of fused-ring (bicyclic) bond motifs is 1. The summed E-state index contributed by atoms with van der Waals surface area (Å²) in [5.74, 6) is -1.72. The highest BCUT2D eigenvalue weighted by molar-refractivity contribution is 8.01. The van der Waals surface area contributed by atoms with E-state index in [9.17, 15) is 19.5 Å². The van der Waals surface area contributed by atoms with Gasteiger partial charge in [0.25, 0.3) is 0 Å². The van der Waals surface area contributed by atoms with Crippen LogP contribution in [0.2, 0.25) is 0 Å². The van der Waals surface area contributed by atoms with Crippen molar-refractivity contribution >= 4 is 29.5 Å². The number of ether oxygens (including phenoxy) is 1. The number of hydrogen-bond acceptors (Lipinski definition) is 5. The Balaban J connectivity index is 2.06. The summed E-state index contributed by atoms with van der Waals surface area (Å²) in [4.78, 5) is 36.8. The second-order valence-corrected chi connectivity index (χ2v) is 7.45. The molecular weight excluding hydrogens is 296 g/mol. The van der Waals surface area contributed by atoms with E-state index in [4.69, 9.17) is 4.74 Å². The molecule has 2 rings (SSSR count). The Morgan fingerprint density at radius 2 is 2.14 bits per heavy atom. The number of carbonyl (C=O) groups excluding carboxylic acids is 2. The van der Waals surface area contributed by atoms with Gasteiger partial charge < -0.3 is 20.1 Å². The molecule has 0 spiro atoms. The topological polar surface area (TPSA) is 95.9 Å². The van der Waals surface area contributed by atoms with Crippen molar-refractivity contribution in [1.82, 2.24) is 10.2 Å². The van der Waals surface area contributed by atoms with E-state index in [0.29, 0.717) is 6.61 Å². The largest absolute Gasteiger partial charge is 0.480 e. The molecule has 0 aromatic rings. The molecule has 2 aliphatic rings. The van der Waals surface area contributed by atoms with Crippen LogP contribution in [-0.4, -0.2) is 62.7 Å². The Labute approximate surface area is 127 Å². The van der Waals surface area contributed by atoms with Crippen LogP contribution in [-0.2, 0) is 19.1 Å². The van der Waals surface area contributed by atoms with Gasteiger partial charge in [-0.25, -0.2) is 4.79 Å². The molecule has 118 valence electrons. The molecule has 2 fully saturated rings. The van der Waals surface area contributed by atoms with Crippen molar-refractivity contribution in [2.45, 2.75) is 56.0 Å². The third-order valence-electron chi connectivity index (χ3n) is 3.76. The number of nitrogens with zero attached hydrogens (tertiary/aromatic N) is 1. The van der Waals surface area contributed by atoms with Gasteiger partial charge in [-0.3, -0.25) is 9.59 Å². The minimum Gasteiger partial charge on any atom is -0.480 e. The van der Waals surface area contributed by atoms with Gasteiger partial charge in [-0.15, -0.1) is 11.8 Å². The predicted molar refractivity (Wildman–Crippen MR) is 76.7 cm³/mol. The lowest BCUT2D eigenvalue weighted by Gasteiger charge is -2.43. The van der Waals surface area contributed by atoms with Crippen LogP contribution >= 0.6 is 11.8 Å². The smallest absolute Gasteiger partial charge is 0.327 e. The van der Waals surface area contributed by atoms with Crippen molar-refractivity contribution in [3.05, 3.63) is 0 Å². The highest BCUT2D eigenvalue weighted by Crippen LogP contribution is 2.50. The first-order chi connectivity index (χ1) is 9.70. The zero-order valence-electron chi connectivity index (χ0n) is 12.5. The molecule has 7 nitrogen and oxygen atoms in total. The maximum atomic E-state index is 12.2. The number of carboxylic acid groups (broad SMARTS) is 1. The molecule has 2 N–H and O–H groups in total. The standard InChI is InChI=1S/C13H20N2O5S/c1-5-20-6(2)9(16)14-7-10(17)15-8(12(18)19)13(3,4)21-11(7)15/h6-8,11H,5H2,1-4H3,(H,14,16)(H,18,19)/t6-,7-,8+,11-/m1/s1. The molecule has 0 aromatic carbocycles. The van der Waals surface area contributed by atoms with Crippen LogP contribution in [0.5, 0.6) is 0 Å². The number of carbonyl (C=O) groups is 3. The van der Waals surface area contributed by atoms with Gasteiger partial charge in [0.05, 0.1) is 0 Å². The Morgan fingerprint density at radius 3 is 2.67 bits per heavy atom. The lowest BCUT2D eigenvalue weighted by molar-refractivity contribution is -0.161. The van der Waals surface area contributed by atoms with Crippen molar-refractivity contribution in [3.63, 3.8) is 0 Å². The predicted octanol–water partition coefficient (Wildman–Crippen LogP) is 0.0431. The Bertz CT molecular complexity index is 481. The summed E-state index contributed by atoms with van der Waals surface area (Å²) in [7, 11) is 0. The van der Waals surface area contributed by atoms with E-state index < -0.39 is 28.9 Å². The summed E-state index contributed by atoms with van der Waals surface area (Å²) in [5.41, 5.74) is 0. The molecule has 2 aliphatic heterocycles. The van der Waals surface area contributed by atoms with Gasteiger partial charge in [0.2, 0.25) is 11.8 Å². The minimum atomic E-state index is -1.02. The number of nitrogens with one attached hydrogen (secondary N) is 1. The molecule has 0 radical (unpaired) electrons. The van der Waals surface area contributed by atoms with Crippen LogP contribution < -0.4 is 5.32 Å². The highest BCUT2D eigenvalue weighted by atomic mass is 32.2. The molecule has 0 unspecified atom stereocenters. The van der Waals surface area contributed by atoms with Crippen LogP contribution in [0, 0.1) is 0 Å². The van der Waals surface area contributed by atoms with Gasteiger partial charge in [-0.05, 0) is 27.7 Å². The summed E-state index contributed by atoms with van der Waals surface area (Å²) in [6.45, 7) is 7.40. The molecule has 0 bridgehead atoms. The first-order valence-corrected chi connectivity index (χ1v) is 7.73. The van der Waals surface area contributed by atoms with E-state index in [1.807, 2.05) is 0 Å². The summed E-state index contributed by atoms with van der Waals surface area (Å²) in [6, 6.07) is -1.54. The van der Waals surface area contributed by atoms with Crippen molar-refractivity contribution in [3.8, 4) is 0 Å². The Hall–Kier alpha value is -1.28. The Morgan fingerprint density at radius 1 is 1.52 bits per heavy atom. The molecule has 21 heavy (non-hydrogen) atoms. The van der Waals surface area contributed by atoms with Gasteiger partial charge in [0.1, 0.15) is 23.6 Å². The molecule has 0 saturated carbocycles. The van der Waals surface area contributed by atoms with Gasteiger partial charge in [-0.1, -0.05) is 0 Å². The fourth-order valence-electron chi connectivity index (χ4n) is 2.74. The molecule has 8 heteroatoms. The first kappa shape index (κ1) is 16.1. The van der Waals surface area contributed by atoms with Crippen molar-refractivity contribution in [2.75, 3.05) is 6.61 Å². The number of thioether (sulfide) groups is 1. The molecule has 2 saturated heterocycles. The van der Waals surface area contributed by atoms with Crippen molar-refractivity contribution in [1.29, 1.82) is 0 Å². The number of carboxylic acids is 1. The number of hydrogen-bond donors (Lipinski definition) is 2. The third-order valence-corrected chi connectivity index (χ3v) is 5.33. The zero-order chi connectivity index (χ0) is 15.9. The number of β-lactam (4-membered cyclic amide) rings is 1. The van der Waals surface area contributed by atoms with Crippen LogP contribution in [0.4, 0.5) is 0 Å². The minimum absolute atomic E-state index is 0.327. The molecule has 2 amide bonds. The van der Waals surface area contributed by atoms with E-state index in [0.717, 1.165) is 0 Å². The summed E-state index contributed by atoms with van der Waals surface area (Å²) < 4.78 is 4.60. The molecule has 0 aliphatic carbocycles. The van der Waals surface area contributed by atoms with Crippen molar-refractivity contribution < 1.29 is 24.2 Å². The average molecular weight is 316 g/mol. The first-order valence-electron chi connectivity index (χ1n) is 6.85. The van der Waals surface area contributed by atoms with Gasteiger partial charge in [0.15, 0.2) is 0 Å². The number of rotatable bonds is 5. The lowest BCUT2D eigenvalue weighted by atomic mass is 9.96. The third kappa shape index (κ3) is 2.62. The zero-order valence-corrected chi connectivity index (χ0v) is 13.3. The van der Waals surface area contributed by atoms with Gasteiger partial charge in [-0.2, -0.15) is 0 Å². The van der Waals surface area contributed by atoms with Crippen LogP contribution in [0.15, 0.2) is 0 Å². The highest BCUT2D eigenvalue weighted by Gasteiger charge is 2.64. The van der Waals surface area contributed by atoms with Gasteiger partial charge >= 0.3 is 5.97 Å². The molecule has 0 aromatic heterocycles. The maximum Gasteiger partial charge on any atom is 0.327 e. The fraction of sp³-hybridized carbons (Fsp3) is 0.769. The molecule has 2 heterocycles. The fourth-order valence-corrected chi connectivity index (χ4v) is 4.37. The normalized spacial score (nSPS) is 31.3. The SMILES string of the molecule is CCO[C@H](C)C(=O)N[C@@H]1C(=O)N2[C@@H]1SC(C)(C)[C@@H]2C(=O)O. The van der Waals surface area contributed by atoms with E-state index in [1.54, 1.807) is 27.7 Å². The average Bonchev–Trinajstić information content (AvgIpc) is 2.64. The summed E-state index contributed by atoms with van der Waals surface area (Å²) in [6.07, 6.45) is -0.633. The van der Waals surface area contributed by atoms with Crippen LogP contribution in [0.3, 0.4) is 0 Å². The summed E-state index contributed by atoms with van der Waals surface area (Å²) in [5, 5.41) is 11.6. The lowest BCUT2D eigenvalue weighted by Crippen LogP contribution is -2.71.